The summed E-state index contributed by atoms with van der Waals surface area (Å²) >= 11 is 3.39. The Morgan fingerprint density at radius 3 is 2.30 bits per heavy atom. The van der Waals surface area contributed by atoms with Crippen LogP contribution in [0.5, 0.6) is 0 Å². The molecule has 0 aromatic carbocycles. The molecule has 0 aliphatic heterocycles. The lowest BCUT2D eigenvalue weighted by atomic mass is 11.0. The van der Waals surface area contributed by atoms with E-state index in [0.717, 1.165) is 4.73 Å². The zero-order valence-corrected chi connectivity index (χ0v) is 9.01. The van der Waals surface area contributed by atoms with E-state index in [4.69, 9.17) is 0 Å². The molecule has 0 bridgehead atoms. The van der Waals surface area contributed by atoms with E-state index in [9.17, 15) is 0 Å². The lowest BCUT2D eigenvalue weighted by molar-refractivity contribution is 1.07. The number of aromatic nitrogens is 2. The molecule has 0 radical (unpaired) electrons. The molecule has 0 saturated carbocycles. The van der Waals surface area contributed by atoms with Gasteiger partial charge in [-0.15, -0.1) is 0 Å². The van der Waals surface area contributed by atoms with Crippen LogP contribution >= 0.6 is 15.9 Å². The normalized spacial score (nSPS) is 12.0. The Morgan fingerprint density at radius 1 is 1.50 bits per heavy atom. The fourth-order valence-corrected chi connectivity index (χ4v) is 3.74. The summed E-state index contributed by atoms with van der Waals surface area (Å²) < 4.78 is 3.17. The third kappa shape index (κ3) is 1.49. The molecule has 0 aliphatic rings. The lowest BCUT2D eigenvalue weighted by Crippen LogP contribution is -2.31. The molecule has 0 saturated heterocycles. The van der Waals surface area contributed by atoms with Crippen molar-refractivity contribution in [1.82, 2.24) is 9.22 Å². The molecule has 1 heterocycles. The van der Waals surface area contributed by atoms with Gasteiger partial charge in [-0.2, -0.15) is 0 Å². The molecule has 0 unspecified atom stereocenters. The summed E-state index contributed by atoms with van der Waals surface area (Å²) in [5.74, 6) is 0. The second-order valence-electron chi connectivity index (χ2n) is 3.24. The first-order chi connectivity index (χ1) is 4.52. The van der Waals surface area contributed by atoms with Gasteiger partial charge in [-0.25, -0.2) is 4.98 Å². The summed E-state index contributed by atoms with van der Waals surface area (Å²) in [5.41, 5.74) is 0. The molecule has 1 aromatic rings. The molecule has 0 aliphatic carbocycles. The highest BCUT2D eigenvalue weighted by Gasteiger charge is 2.17. The molecule has 1 aromatic heterocycles. The number of rotatable bonds is 1. The third-order valence-corrected chi connectivity index (χ3v) is 4.04. The molecule has 0 N–H and O–H groups in total. The van der Waals surface area contributed by atoms with Crippen LogP contribution in [0.4, 0.5) is 0 Å². The first kappa shape index (κ1) is 8.01. The molecular weight excluding hydrogens is 208 g/mol. The van der Waals surface area contributed by atoms with E-state index in [0.29, 0.717) is 0 Å². The third-order valence-electron chi connectivity index (χ3n) is 1.32. The van der Waals surface area contributed by atoms with Gasteiger partial charge < -0.3 is 4.23 Å². The van der Waals surface area contributed by atoms with Crippen LogP contribution in [-0.2, 0) is 0 Å². The predicted octanol–water partition coefficient (Wildman–Crippen LogP) is 2.33. The Bertz CT molecular complexity index is 226. The highest BCUT2D eigenvalue weighted by atomic mass is 79.9. The number of hydrogen-bond donors (Lipinski definition) is 0. The largest absolute Gasteiger partial charge is 0.353 e. The minimum atomic E-state index is -1.22. The van der Waals surface area contributed by atoms with Crippen LogP contribution in [0.3, 0.4) is 0 Å². The van der Waals surface area contributed by atoms with Gasteiger partial charge in [-0.05, 0) is 15.9 Å². The van der Waals surface area contributed by atoms with Crippen molar-refractivity contribution in [3.05, 3.63) is 17.1 Å². The number of halogens is 1. The zero-order valence-electron chi connectivity index (χ0n) is 6.43. The van der Waals surface area contributed by atoms with Gasteiger partial charge in [0, 0.05) is 12.4 Å². The highest BCUT2D eigenvalue weighted by Crippen LogP contribution is 2.13. The van der Waals surface area contributed by atoms with Crippen LogP contribution in [0.1, 0.15) is 0 Å². The van der Waals surface area contributed by atoms with Gasteiger partial charge in [0.2, 0.25) is 0 Å². The number of imidazole rings is 1. The van der Waals surface area contributed by atoms with Crippen molar-refractivity contribution < 1.29 is 0 Å². The average Bonchev–Trinajstić information content (AvgIpc) is 2.11. The van der Waals surface area contributed by atoms with Crippen molar-refractivity contribution in [3.63, 3.8) is 0 Å². The summed E-state index contributed by atoms with van der Waals surface area (Å²) in [5, 5.41) is 0. The van der Waals surface area contributed by atoms with Gasteiger partial charge >= 0.3 is 0 Å². The summed E-state index contributed by atoms with van der Waals surface area (Å²) in [7, 11) is -1.22. The second kappa shape index (κ2) is 2.51. The molecular formula is C6H11BrN2Si. The van der Waals surface area contributed by atoms with E-state index < -0.39 is 8.24 Å². The van der Waals surface area contributed by atoms with E-state index in [1.165, 1.54) is 0 Å². The lowest BCUT2D eigenvalue weighted by Gasteiger charge is -2.18. The average molecular weight is 219 g/mol. The van der Waals surface area contributed by atoms with Crippen molar-refractivity contribution >= 4 is 24.2 Å². The Kier molecular flexibility index (Phi) is 2.01. The molecule has 56 valence electrons. The summed E-state index contributed by atoms with van der Waals surface area (Å²) in [6, 6.07) is 0. The van der Waals surface area contributed by atoms with E-state index >= 15 is 0 Å². The maximum absolute atomic E-state index is 4.10. The maximum atomic E-state index is 4.10. The van der Waals surface area contributed by atoms with Gasteiger partial charge in [-0.1, -0.05) is 19.6 Å². The van der Waals surface area contributed by atoms with Crippen molar-refractivity contribution in [2.45, 2.75) is 19.6 Å². The molecule has 2 nitrogen and oxygen atoms in total. The van der Waals surface area contributed by atoms with Crippen LogP contribution in [-0.4, -0.2) is 17.5 Å². The van der Waals surface area contributed by atoms with Gasteiger partial charge in [0.05, 0.1) is 0 Å². The fraction of sp³-hybridized carbons (Fsp3) is 0.500. The van der Waals surface area contributed by atoms with Crippen LogP contribution in [0.15, 0.2) is 17.1 Å². The molecule has 0 amide bonds. The van der Waals surface area contributed by atoms with E-state index in [-0.39, 0.29) is 0 Å². The van der Waals surface area contributed by atoms with Crippen molar-refractivity contribution in [3.8, 4) is 0 Å². The molecule has 0 atom stereocenters. The Morgan fingerprint density at radius 2 is 2.10 bits per heavy atom. The standard InChI is InChI=1S/C6H11BrN2Si/c1-10(2,3)9-5-4-8-6(9)7/h4-5H,1-3H3. The van der Waals surface area contributed by atoms with E-state index in [1.807, 2.05) is 12.4 Å². The van der Waals surface area contributed by atoms with Crippen molar-refractivity contribution in [2.24, 2.45) is 0 Å². The Balaban J connectivity index is 3.05. The van der Waals surface area contributed by atoms with Crippen molar-refractivity contribution in [1.29, 1.82) is 0 Å². The fourth-order valence-electron chi connectivity index (χ4n) is 0.786. The Labute approximate surface area is 70.5 Å². The van der Waals surface area contributed by atoms with Crippen LogP contribution in [0, 0.1) is 0 Å². The van der Waals surface area contributed by atoms with Gasteiger partial charge in [-0.3, -0.25) is 0 Å². The topological polar surface area (TPSA) is 17.8 Å². The molecule has 0 spiro atoms. The van der Waals surface area contributed by atoms with Crippen LogP contribution in [0.2, 0.25) is 19.6 Å². The maximum Gasteiger partial charge on any atom is 0.168 e. The predicted molar refractivity (Wildman–Crippen MR) is 48.7 cm³/mol. The second-order valence-corrected chi connectivity index (χ2v) is 8.77. The van der Waals surface area contributed by atoms with E-state index in [1.54, 1.807) is 0 Å². The Hall–Kier alpha value is -0.0931. The molecule has 0 fully saturated rings. The quantitative estimate of drug-likeness (QED) is 0.663. The monoisotopic (exact) mass is 218 g/mol. The smallest absolute Gasteiger partial charge is 0.168 e. The first-order valence-corrected chi connectivity index (χ1v) is 7.45. The summed E-state index contributed by atoms with van der Waals surface area (Å²) in [4.78, 5) is 4.10. The summed E-state index contributed by atoms with van der Waals surface area (Å²) in [6.07, 6.45) is 3.85. The minimum Gasteiger partial charge on any atom is -0.353 e. The number of nitrogens with zero attached hydrogens (tertiary/aromatic N) is 2. The number of hydrogen-bond acceptors (Lipinski definition) is 1. The molecule has 1 rings (SSSR count). The molecule has 4 heteroatoms. The highest BCUT2D eigenvalue weighted by molar-refractivity contribution is 9.10. The first-order valence-electron chi connectivity index (χ1n) is 3.21. The van der Waals surface area contributed by atoms with Crippen molar-refractivity contribution in [2.75, 3.05) is 0 Å². The van der Waals surface area contributed by atoms with Gasteiger partial charge in [0.1, 0.15) is 0 Å². The van der Waals surface area contributed by atoms with Gasteiger partial charge in [0.25, 0.3) is 0 Å². The van der Waals surface area contributed by atoms with Crippen LogP contribution < -0.4 is 0 Å². The molecule has 10 heavy (non-hydrogen) atoms. The van der Waals surface area contributed by atoms with Crippen LogP contribution in [0.25, 0.3) is 0 Å². The SMILES string of the molecule is C[Si](C)(C)n1ccnc1Br. The summed E-state index contributed by atoms with van der Waals surface area (Å²) in [6.45, 7) is 6.83. The zero-order chi connectivity index (χ0) is 7.78. The van der Waals surface area contributed by atoms with E-state index in [2.05, 4.69) is 44.8 Å². The minimum absolute atomic E-state index is 0.951. The van der Waals surface area contributed by atoms with Gasteiger partial charge in [0.15, 0.2) is 13.0 Å².